The minimum absolute atomic E-state index is 0.186. The first-order chi connectivity index (χ1) is 41.3. The van der Waals surface area contributed by atoms with Gasteiger partial charge in [0.25, 0.3) is 0 Å². The molecule has 0 aliphatic rings. The van der Waals surface area contributed by atoms with Gasteiger partial charge in [0.05, 0.1) is 26.4 Å². The molecule has 0 saturated heterocycles. The lowest BCUT2D eigenvalue weighted by molar-refractivity contribution is 0.159. The van der Waals surface area contributed by atoms with Gasteiger partial charge in [-0.05, 0) is 168 Å². The molecule has 0 radical (unpaired) electrons. The summed E-state index contributed by atoms with van der Waals surface area (Å²) in [6.07, 6.45) is 25.6. The lowest BCUT2D eigenvalue weighted by atomic mass is 10.1. The van der Waals surface area contributed by atoms with E-state index in [4.69, 9.17) is 26.2 Å². The van der Waals surface area contributed by atoms with E-state index < -0.39 is 45.4 Å². The van der Waals surface area contributed by atoms with E-state index in [9.17, 15) is 0 Å². The summed E-state index contributed by atoms with van der Waals surface area (Å²) in [5.74, 6) is 1.93. The fourth-order valence-corrected chi connectivity index (χ4v) is 20.9. The van der Waals surface area contributed by atoms with Crippen LogP contribution in [0, 0.1) is 0 Å². The van der Waals surface area contributed by atoms with Crippen LogP contribution in [0.15, 0.2) is 187 Å². The monoisotopic (exact) mass is 1250 g/mol. The fraction of sp³-hybridized carbons (Fsp3) is 0.478. The van der Waals surface area contributed by atoms with E-state index in [1.54, 1.807) is 158 Å². The molecule has 0 aromatic heterocycles. The molecule has 85 heavy (non-hydrogen) atoms. The maximum absolute atomic E-state index is 18.0. The van der Waals surface area contributed by atoms with E-state index in [0.29, 0.717) is 49.4 Å². The standard InChI is InChI=1S/C69H94F2O10S4/c1-5-9-13-17-21-31-55-76-59-39-47-65(48-40-59)82(63-35-27-25-28-36-63,66-49-41-60(42-50-66)77-56-32-22-18-14-10-6-2)80-84(72,73)69(70,71)85(74,75)81-83(64-37-29-26-30-38-64,67-51-43-61(44-52-67)78-57-33-23-19-15-11-7-3)68-53-45-62(46-54-68)79-58-34-24-20-16-12-8-4/h25-30,35-54H,5-24,31-34,55-58H2,1-4H3. The van der Waals surface area contributed by atoms with Gasteiger partial charge >= 0.3 is 24.8 Å². The average Bonchev–Trinajstić information content (AvgIpc) is 1.05. The van der Waals surface area contributed by atoms with Crippen LogP contribution in [0.5, 0.6) is 23.0 Å². The summed E-state index contributed by atoms with van der Waals surface area (Å²) >= 11 is 0. The Morgan fingerprint density at radius 2 is 0.482 bits per heavy atom. The van der Waals surface area contributed by atoms with Gasteiger partial charge in [0.15, 0.2) is 0 Å². The van der Waals surface area contributed by atoms with Crippen molar-refractivity contribution in [2.75, 3.05) is 26.4 Å². The molecule has 0 aliphatic carbocycles. The van der Waals surface area contributed by atoms with Gasteiger partial charge in [0.2, 0.25) is 0 Å². The van der Waals surface area contributed by atoms with Gasteiger partial charge < -0.3 is 18.9 Å². The first-order valence-corrected chi connectivity index (χ1v) is 37.2. The van der Waals surface area contributed by atoms with Crippen molar-refractivity contribution in [1.29, 1.82) is 0 Å². The molecular formula is C69H94F2O10S4. The number of hydrogen-bond donors (Lipinski definition) is 0. The number of alkyl halides is 2. The van der Waals surface area contributed by atoms with E-state index in [-0.39, 0.29) is 29.4 Å². The van der Waals surface area contributed by atoms with Crippen LogP contribution in [0.25, 0.3) is 0 Å². The molecule has 0 unspecified atom stereocenters. The Bertz CT molecular complexity index is 2680. The number of halogens is 2. The van der Waals surface area contributed by atoms with E-state index in [1.165, 1.54) is 25.7 Å². The van der Waals surface area contributed by atoms with Gasteiger partial charge in [-0.1, -0.05) is 193 Å². The highest BCUT2D eigenvalue weighted by Crippen LogP contribution is 2.73. The molecular weight excluding hydrogens is 1160 g/mol. The Morgan fingerprint density at radius 3 is 0.706 bits per heavy atom. The highest BCUT2D eigenvalue weighted by atomic mass is 32.3. The van der Waals surface area contributed by atoms with Gasteiger partial charge in [-0.25, -0.2) is 7.26 Å². The summed E-state index contributed by atoms with van der Waals surface area (Å²) in [6.45, 7) is 10.5. The topological polar surface area (TPSA) is 124 Å². The molecule has 6 rings (SSSR count). The van der Waals surface area contributed by atoms with Crippen molar-refractivity contribution < 1.29 is 51.8 Å². The lowest BCUT2D eigenvalue weighted by Gasteiger charge is -2.41. The third-order valence-electron chi connectivity index (χ3n) is 14.8. The molecule has 0 N–H and O–H groups in total. The summed E-state index contributed by atoms with van der Waals surface area (Å²) in [7, 11) is -20.7. The predicted molar refractivity (Wildman–Crippen MR) is 344 cm³/mol. The van der Waals surface area contributed by atoms with Gasteiger partial charge in [0.1, 0.15) is 23.0 Å². The van der Waals surface area contributed by atoms with Crippen molar-refractivity contribution >= 4 is 40.9 Å². The number of rotatable bonds is 44. The number of hydrogen-bond acceptors (Lipinski definition) is 10. The minimum Gasteiger partial charge on any atom is -0.494 e. The highest BCUT2D eigenvalue weighted by Gasteiger charge is 2.64. The summed E-state index contributed by atoms with van der Waals surface area (Å²) < 4.78 is 128. The van der Waals surface area contributed by atoms with E-state index in [0.717, 1.165) is 128 Å². The van der Waals surface area contributed by atoms with Gasteiger partial charge in [-0.2, -0.15) is 25.6 Å². The first kappa shape index (κ1) is 69.0. The summed E-state index contributed by atoms with van der Waals surface area (Å²) in [5, 5.41) is 0. The molecule has 10 nitrogen and oxygen atoms in total. The van der Waals surface area contributed by atoms with Crippen molar-refractivity contribution in [1.82, 2.24) is 0 Å². The Kier molecular flexibility index (Phi) is 29.4. The van der Waals surface area contributed by atoms with Gasteiger partial charge in [-0.15, -0.1) is 0 Å². The molecule has 6 aromatic carbocycles. The van der Waals surface area contributed by atoms with Gasteiger partial charge in [0, 0.05) is 29.4 Å². The smallest absolute Gasteiger partial charge is 0.494 e. The zero-order valence-electron chi connectivity index (χ0n) is 50.8. The van der Waals surface area contributed by atoms with Crippen molar-refractivity contribution in [3.8, 4) is 23.0 Å². The molecule has 0 heterocycles. The van der Waals surface area contributed by atoms with Crippen LogP contribution in [-0.2, 0) is 27.5 Å². The van der Waals surface area contributed by atoms with E-state index >= 15 is 25.6 Å². The maximum atomic E-state index is 18.0. The Hall–Kier alpha value is -5.10. The largest absolute Gasteiger partial charge is 0.498 e. The predicted octanol–water partition coefficient (Wildman–Crippen LogP) is 21.0. The van der Waals surface area contributed by atoms with Crippen molar-refractivity contribution in [2.24, 2.45) is 0 Å². The molecule has 0 bridgehead atoms. The van der Waals surface area contributed by atoms with Crippen LogP contribution < -0.4 is 18.9 Å². The minimum atomic E-state index is -6.57. The lowest BCUT2D eigenvalue weighted by Crippen LogP contribution is -2.41. The number of benzene rings is 6. The zero-order chi connectivity index (χ0) is 60.7. The molecule has 0 atom stereocenters. The fourth-order valence-electron chi connectivity index (χ4n) is 9.95. The van der Waals surface area contributed by atoms with Crippen molar-refractivity contribution in [2.45, 2.75) is 216 Å². The van der Waals surface area contributed by atoms with Crippen LogP contribution >= 0.6 is 20.6 Å². The zero-order valence-corrected chi connectivity index (χ0v) is 54.0. The second-order valence-corrected chi connectivity index (χ2v) is 30.8. The molecule has 16 heteroatoms. The molecule has 0 spiro atoms. The average molecular weight is 1250 g/mol. The quantitative estimate of drug-likeness (QED) is 0.0342. The van der Waals surface area contributed by atoms with Crippen LogP contribution in [-0.4, -0.2) is 47.8 Å². The van der Waals surface area contributed by atoms with Crippen LogP contribution in [0.4, 0.5) is 8.78 Å². The molecule has 468 valence electrons. The Labute approximate surface area is 512 Å². The SMILES string of the molecule is CCCCCCCCOc1ccc(S(OS(=O)(=O)C(F)(F)S(=O)(=O)OS(c2ccccc2)(c2ccc(OCCCCCCCC)cc2)c2ccc(OCCCCCCCC)cc2)(c2ccccc2)c2ccc(OCCCCCCCC)cc2)cc1. The van der Waals surface area contributed by atoms with Crippen LogP contribution in [0.2, 0.25) is 0 Å². The Balaban J connectivity index is 1.42. The maximum Gasteiger partial charge on any atom is 0.498 e. The molecule has 0 fully saturated rings. The molecule has 0 amide bonds. The van der Waals surface area contributed by atoms with Crippen LogP contribution in [0.1, 0.15) is 182 Å². The summed E-state index contributed by atoms with van der Waals surface area (Å²) in [4.78, 5) is 1.15. The second-order valence-electron chi connectivity index (χ2n) is 21.6. The molecule has 0 aliphatic heterocycles. The van der Waals surface area contributed by atoms with Crippen molar-refractivity contribution in [3.05, 3.63) is 158 Å². The van der Waals surface area contributed by atoms with E-state index in [1.807, 2.05) is 0 Å². The van der Waals surface area contributed by atoms with Crippen molar-refractivity contribution in [3.63, 3.8) is 0 Å². The number of ether oxygens (including phenoxy) is 4. The second kappa shape index (κ2) is 36.3. The first-order valence-electron chi connectivity index (χ1n) is 31.3. The van der Waals surface area contributed by atoms with Gasteiger partial charge in [-0.3, -0.25) is 0 Å². The van der Waals surface area contributed by atoms with Crippen LogP contribution in [0.3, 0.4) is 0 Å². The molecule has 0 saturated carbocycles. The highest BCUT2D eigenvalue weighted by molar-refractivity contribution is 8.35. The van der Waals surface area contributed by atoms with E-state index in [2.05, 4.69) is 27.7 Å². The third-order valence-corrected chi connectivity index (χ3v) is 25.9. The summed E-state index contributed by atoms with van der Waals surface area (Å²) in [5.41, 5.74) is 0. The third kappa shape index (κ3) is 20.0. The normalized spacial score (nSPS) is 12.7. The summed E-state index contributed by atoms with van der Waals surface area (Å²) in [6, 6.07) is 42.3. The molecule has 6 aromatic rings. The Morgan fingerprint density at radius 1 is 0.282 bits per heavy atom. The number of unbranched alkanes of at least 4 members (excludes halogenated alkanes) is 20.